The molecule has 6 heteroatoms. The normalized spacial score (nSPS) is 11.2. The van der Waals surface area contributed by atoms with Crippen molar-refractivity contribution in [1.82, 2.24) is 0 Å². The van der Waals surface area contributed by atoms with Crippen LogP contribution in [0.4, 0.5) is 11.4 Å². The monoisotopic (exact) mass is 476 g/mol. The molecule has 4 nitrogen and oxygen atoms in total. The van der Waals surface area contributed by atoms with Crippen molar-refractivity contribution >= 4 is 59.0 Å². The number of nitrogens with two attached hydrogens (primary N) is 1. The van der Waals surface area contributed by atoms with Crippen LogP contribution in [0.15, 0.2) is 72.8 Å². The van der Waals surface area contributed by atoms with E-state index in [4.69, 9.17) is 5.73 Å². The van der Waals surface area contributed by atoms with E-state index in [0.717, 1.165) is 32.0 Å². The number of nitrogen functional groups attached to an aromatic ring is 1. The Morgan fingerprint density at radius 2 is 1.77 bits per heavy atom. The van der Waals surface area contributed by atoms with E-state index < -0.39 is 15.8 Å². The fourth-order valence-electron chi connectivity index (χ4n) is 3.08. The van der Waals surface area contributed by atoms with Crippen LogP contribution in [-0.2, 0) is 5.21 Å². The van der Waals surface area contributed by atoms with E-state index in [1.807, 2.05) is 55.5 Å². The van der Waals surface area contributed by atoms with Crippen molar-refractivity contribution < 1.29 is 9.59 Å². The first-order valence-electron chi connectivity index (χ1n) is 9.53. The van der Waals surface area contributed by atoms with Crippen molar-refractivity contribution in [2.24, 2.45) is 0 Å². The van der Waals surface area contributed by atoms with Crippen LogP contribution in [0.5, 0.6) is 0 Å². The molecule has 3 aromatic carbocycles. The molecule has 1 amide bonds. The summed E-state index contributed by atoms with van der Waals surface area (Å²) in [5.41, 5.74) is 10.2. The van der Waals surface area contributed by atoms with Gasteiger partial charge in [0.2, 0.25) is 0 Å². The Morgan fingerprint density at radius 3 is 2.53 bits per heavy atom. The van der Waals surface area contributed by atoms with Crippen LogP contribution < -0.4 is 11.1 Å². The molecule has 4 rings (SSSR count). The molecule has 1 unspecified atom stereocenters. The summed E-state index contributed by atoms with van der Waals surface area (Å²) >= 11 is 0.671. The van der Waals surface area contributed by atoms with Gasteiger partial charge in [-0.3, -0.25) is 0 Å². The number of rotatable bonds is 6. The number of hydrogen-bond donors (Lipinski definition) is 2. The molecule has 0 bridgehead atoms. The molecule has 30 heavy (non-hydrogen) atoms. The van der Waals surface area contributed by atoms with Crippen LogP contribution in [0, 0.1) is 6.92 Å². The number of aryl methyl sites for hydroxylation is 1. The van der Waals surface area contributed by atoms with Crippen molar-refractivity contribution in [1.29, 1.82) is 0 Å². The minimum atomic E-state index is -0.782. The van der Waals surface area contributed by atoms with Crippen molar-refractivity contribution in [2.75, 3.05) is 11.1 Å². The number of amides is 1. The van der Waals surface area contributed by atoms with Crippen LogP contribution in [0.3, 0.4) is 0 Å². The van der Waals surface area contributed by atoms with Crippen molar-refractivity contribution in [3.8, 4) is 0 Å². The molecule has 150 valence electrons. The third-order valence-electron chi connectivity index (χ3n) is 4.78. The van der Waals surface area contributed by atoms with Crippen molar-refractivity contribution in [2.45, 2.75) is 12.1 Å². The summed E-state index contributed by atoms with van der Waals surface area (Å²) in [4.78, 5) is 25.7. The van der Waals surface area contributed by atoms with Crippen LogP contribution in [-0.4, -0.2) is 26.2 Å². The van der Waals surface area contributed by atoms with Crippen LogP contribution >= 0.6 is 11.3 Å². The molecule has 4 aromatic rings. The molecule has 0 aliphatic carbocycles. The van der Waals surface area contributed by atoms with Gasteiger partial charge in [0.05, 0.1) is 0 Å². The minimum absolute atomic E-state index is 0.168. The summed E-state index contributed by atoms with van der Waals surface area (Å²) < 4.78 is 1.31. The van der Waals surface area contributed by atoms with Gasteiger partial charge in [-0.25, -0.2) is 0 Å². The number of hydrogen-bond acceptors (Lipinski definition) is 4. The molecule has 1 heterocycles. The molecule has 1 atom stereocenters. The first-order valence-corrected chi connectivity index (χ1v) is 12.9. The van der Waals surface area contributed by atoms with Gasteiger partial charge in [0.15, 0.2) is 0 Å². The van der Waals surface area contributed by atoms with Gasteiger partial charge in [-0.1, -0.05) is 0 Å². The van der Waals surface area contributed by atoms with Gasteiger partial charge in [0, 0.05) is 0 Å². The van der Waals surface area contributed by atoms with Gasteiger partial charge in [0.1, 0.15) is 0 Å². The molecule has 0 spiro atoms. The summed E-state index contributed by atoms with van der Waals surface area (Å²) in [5, 5.41) is 4.69. The Balaban J connectivity index is 1.45. The van der Waals surface area contributed by atoms with Gasteiger partial charge < -0.3 is 0 Å². The SMILES string of the molecule is Cc1ccc(C(=O)[AsH]Cc2ccc3cc(C(=O)Nc4ccccc4N)sc3c2)cc1. The van der Waals surface area contributed by atoms with E-state index in [2.05, 4.69) is 17.4 Å². The fraction of sp³-hybridized carbons (Fsp3) is 0.0833. The van der Waals surface area contributed by atoms with E-state index in [1.54, 1.807) is 12.1 Å². The second-order valence-corrected chi connectivity index (χ2v) is 10.6. The molecular formula is C24H21AsN2O2S. The maximum absolute atomic E-state index is 12.6. The number of para-hydroxylation sites is 2. The number of carbonyl (C=O) groups excluding carboxylic acids is 2. The fourth-order valence-corrected chi connectivity index (χ4v) is 6.11. The molecule has 0 aliphatic rings. The predicted molar refractivity (Wildman–Crippen MR) is 127 cm³/mol. The Labute approximate surface area is 185 Å². The zero-order chi connectivity index (χ0) is 21.1. The number of thiophene rings is 1. The maximum atomic E-state index is 12.6. The van der Waals surface area contributed by atoms with E-state index >= 15 is 0 Å². The first-order chi connectivity index (χ1) is 14.5. The van der Waals surface area contributed by atoms with Gasteiger partial charge in [-0.05, 0) is 0 Å². The second-order valence-electron chi connectivity index (χ2n) is 7.07. The molecule has 1 aromatic heterocycles. The average Bonchev–Trinajstić information content (AvgIpc) is 3.18. The van der Waals surface area contributed by atoms with Crippen LogP contribution in [0.25, 0.3) is 10.1 Å². The summed E-state index contributed by atoms with van der Waals surface area (Å²) in [6, 6.07) is 23.1. The molecule has 0 saturated carbocycles. The van der Waals surface area contributed by atoms with Crippen molar-refractivity contribution in [3.63, 3.8) is 0 Å². The quantitative estimate of drug-likeness (QED) is 0.310. The molecule has 0 radical (unpaired) electrons. The number of nitrogens with one attached hydrogen (secondary N) is 1. The number of benzene rings is 3. The van der Waals surface area contributed by atoms with Crippen LogP contribution in [0.2, 0.25) is 0 Å². The third-order valence-corrected chi connectivity index (χ3v) is 8.39. The zero-order valence-electron chi connectivity index (χ0n) is 16.4. The standard InChI is InChI=1S/C24H21AsN2O2S/c1-15-6-9-17(10-7-15)23(28)25-14-16-8-11-18-13-22(30-21(18)12-16)24(29)27-20-5-3-2-4-19(20)26/h2-13,25H,14,26H2,1H3,(H,27,29). The van der Waals surface area contributed by atoms with E-state index in [9.17, 15) is 9.59 Å². The van der Waals surface area contributed by atoms with Gasteiger partial charge in [-0.2, -0.15) is 0 Å². The summed E-state index contributed by atoms with van der Waals surface area (Å²) in [7, 11) is 0. The van der Waals surface area contributed by atoms with Gasteiger partial charge in [0.25, 0.3) is 0 Å². The Hall–Kier alpha value is -2.88. The number of fused-ring (bicyclic) bond motifs is 1. The molecule has 0 saturated heterocycles. The average molecular weight is 476 g/mol. The molecule has 0 aliphatic heterocycles. The molecular weight excluding hydrogens is 455 g/mol. The van der Waals surface area contributed by atoms with Crippen LogP contribution in [0.1, 0.15) is 31.2 Å². The van der Waals surface area contributed by atoms with Crippen molar-refractivity contribution in [3.05, 3.63) is 94.4 Å². The zero-order valence-corrected chi connectivity index (χ0v) is 19.4. The Bertz CT molecular complexity index is 1230. The Kier molecular flexibility index (Phi) is 6.03. The number of anilines is 2. The summed E-state index contributed by atoms with van der Waals surface area (Å²) in [6.45, 7) is 2.02. The summed E-state index contributed by atoms with van der Waals surface area (Å²) in [5.74, 6) is -0.168. The second kappa shape index (κ2) is 8.86. The third kappa shape index (κ3) is 4.64. The predicted octanol–water partition coefficient (Wildman–Crippen LogP) is 4.82. The van der Waals surface area contributed by atoms with E-state index in [0.29, 0.717) is 16.3 Å². The van der Waals surface area contributed by atoms with Gasteiger partial charge in [-0.15, -0.1) is 0 Å². The topological polar surface area (TPSA) is 72.2 Å². The molecule has 3 N–H and O–H groups in total. The Morgan fingerprint density at radius 1 is 1.00 bits per heavy atom. The molecule has 0 fully saturated rings. The summed E-state index contributed by atoms with van der Waals surface area (Å²) in [6.07, 6.45) is 0. The van der Waals surface area contributed by atoms with E-state index in [1.165, 1.54) is 11.3 Å². The van der Waals surface area contributed by atoms with E-state index in [-0.39, 0.29) is 10.5 Å². The van der Waals surface area contributed by atoms with Gasteiger partial charge >= 0.3 is 186 Å². The first kappa shape index (κ1) is 20.4. The number of carbonyl (C=O) groups is 2.